The quantitative estimate of drug-likeness (QED) is 0.581. The van der Waals surface area contributed by atoms with Gasteiger partial charge in [0.1, 0.15) is 17.8 Å². The number of amides is 3. The zero-order valence-corrected chi connectivity index (χ0v) is 16.0. The first-order chi connectivity index (χ1) is 14.6. The molecule has 3 atom stereocenters. The lowest BCUT2D eigenvalue weighted by atomic mass is 9.99. The molecule has 0 bridgehead atoms. The highest BCUT2D eigenvalue weighted by atomic mass is 16.2. The van der Waals surface area contributed by atoms with Gasteiger partial charge in [-0.2, -0.15) is 0 Å². The number of hydrogen-bond acceptors (Lipinski definition) is 5. The molecule has 3 aromatic rings. The van der Waals surface area contributed by atoms with Crippen LogP contribution in [0.1, 0.15) is 22.5 Å². The highest BCUT2D eigenvalue weighted by molar-refractivity contribution is 5.99. The number of fused-ring (bicyclic) bond motifs is 2. The Labute approximate surface area is 171 Å². The smallest absolute Gasteiger partial charge is 0.271 e. The van der Waals surface area contributed by atoms with Crippen LogP contribution >= 0.6 is 0 Å². The van der Waals surface area contributed by atoms with Crippen LogP contribution in [-0.2, 0) is 16.0 Å². The van der Waals surface area contributed by atoms with Crippen LogP contribution in [0.25, 0.3) is 10.9 Å². The molecule has 3 N–H and O–H groups in total. The number of nitrogens with one attached hydrogen (secondary N) is 3. The van der Waals surface area contributed by atoms with Gasteiger partial charge in [0.15, 0.2) is 0 Å². The summed E-state index contributed by atoms with van der Waals surface area (Å²) in [7, 11) is 0. The van der Waals surface area contributed by atoms with Gasteiger partial charge >= 0.3 is 0 Å². The predicted molar refractivity (Wildman–Crippen MR) is 107 cm³/mol. The Balaban J connectivity index is 1.31. The number of carbonyl (C=O) groups is 3. The van der Waals surface area contributed by atoms with E-state index in [0.29, 0.717) is 19.4 Å². The fourth-order valence-corrected chi connectivity index (χ4v) is 4.35. The Morgan fingerprint density at radius 1 is 1.23 bits per heavy atom. The summed E-state index contributed by atoms with van der Waals surface area (Å²) in [5.41, 5.74) is 2.15. The van der Waals surface area contributed by atoms with Crippen LogP contribution in [0.2, 0.25) is 0 Å². The Morgan fingerprint density at radius 2 is 2.10 bits per heavy atom. The lowest BCUT2D eigenvalue weighted by Gasteiger charge is -2.36. The minimum atomic E-state index is -0.711. The molecule has 0 radical (unpaired) electrons. The topological polar surface area (TPSA) is 120 Å². The van der Waals surface area contributed by atoms with E-state index < -0.39 is 24.0 Å². The molecular weight excluding hydrogens is 384 g/mol. The molecule has 9 nitrogen and oxygen atoms in total. The van der Waals surface area contributed by atoms with E-state index in [-0.39, 0.29) is 17.5 Å². The number of rotatable bonds is 4. The summed E-state index contributed by atoms with van der Waals surface area (Å²) in [6.07, 6.45) is 7.08. The third kappa shape index (κ3) is 3.08. The first-order valence-electron chi connectivity index (χ1n) is 9.84. The van der Waals surface area contributed by atoms with E-state index in [1.54, 1.807) is 4.90 Å². The zero-order chi connectivity index (χ0) is 20.7. The number of benzene rings is 1. The average Bonchev–Trinajstić information content (AvgIpc) is 3.37. The summed E-state index contributed by atoms with van der Waals surface area (Å²) in [5.74, 6) is -0.779. The minimum Gasteiger partial charge on any atom is -0.361 e. The standard InChI is InChI=1S/C21H20N6O3/c28-19(17-11-22-6-7-23-17)25-15-5-8-27-18(15)20(29)26-16(21(27)30)9-12-10-24-14-4-2-1-3-13(12)14/h1-4,6-7,10-11,15-16,18,24H,5,8-9H2,(H,25,28)(H,26,29)/t15-,16+,18-/m0/s1. The summed E-state index contributed by atoms with van der Waals surface area (Å²) < 4.78 is 0. The largest absolute Gasteiger partial charge is 0.361 e. The van der Waals surface area contributed by atoms with Crippen molar-refractivity contribution in [2.75, 3.05) is 6.54 Å². The van der Waals surface area contributed by atoms with Crippen molar-refractivity contribution in [3.8, 4) is 0 Å². The average molecular weight is 404 g/mol. The van der Waals surface area contributed by atoms with Crippen LogP contribution < -0.4 is 10.6 Å². The molecule has 152 valence electrons. The second-order valence-corrected chi connectivity index (χ2v) is 7.56. The van der Waals surface area contributed by atoms with E-state index in [9.17, 15) is 14.4 Å². The molecule has 2 aliphatic heterocycles. The van der Waals surface area contributed by atoms with Gasteiger partial charge in [-0.25, -0.2) is 4.98 Å². The Morgan fingerprint density at radius 3 is 2.93 bits per heavy atom. The number of nitrogens with zero attached hydrogens (tertiary/aromatic N) is 3. The van der Waals surface area contributed by atoms with Crippen molar-refractivity contribution in [3.05, 3.63) is 60.3 Å². The molecule has 0 unspecified atom stereocenters. The maximum Gasteiger partial charge on any atom is 0.271 e. The molecule has 2 aliphatic rings. The van der Waals surface area contributed by atoms with E-state index in [1.165, 1.54) is 18.6 Å². The number of hydrogen-bond donors (Lipinski definition) is 3. The molecule has 2 aromatic heterocycles. The van der Waals surface area contributed by atoms with E-state index in [1.807, 2.05) is 30.5 Å². The van der Waals surface area contributed by atoms with Crippen LogP contribution in [0, 0.1) is 0 Å². The third-order valence-electron chi connectivity index (χ3n) is 5.78. The summed E-state index contributed by atoms with van der Waals surface area (Å²) in [6.45, 7) is 0.423. The monoisotopic (exact) mass is 404 g/mol. The maximum absolute atomic E-state index is 13.1. The molecule has 2 saturated heterocycles. The minimum absolute atomic E-state index is 0.124. The third-order valence-corrected chi connectivity index (χ3v) is 5.78. The molecule has 3 amide bonds. The molecule has 4 heterocycles. The number of H-pyrrole nitrogens is 1. The molecule has 2 fully saturated rings. The van der Waals surface area contributed by atoms with Gasteiger partial charge in [-0.15, -0.1) is 0 Å². The number of para-hydroxylation sites is 1. The van der Waals surface area contributed by atoms with Crippen molar-refractivity contribution >= 4 is 28.6 Å². The van der Waals surface area contributed by atoms with Crippen LogP contribution in [0.5, 0.6) is 0 Å². The summed E-state index contributed by atoms with van der Waals surface area (Å²) in [6, 6.07) is 6.06. The van der Waals surface area contributed by atoms with Crippen LogP contribution in [0.15, 0.2) is 49.1 Å². The predicted octanol–water partition coefficient (Wildman–Crippen LogP) is 0.398. The molecular formula is C21H20N6O3. The first kappa shape index (κ1) is 18.3. The van der Waals surface area contributed by atoms with Gasteiger partial charge < -0.3 is 20.5 Å². The molecule has 9 heteroatoms. The Kier molecular flexibility index (Phi) is 4.42. The fraction of sp³-hybridized carbons (Fsp3) is 0.286. The van der Waals surface area contributed by atoms with Gasteiger partial charge in [0.2, 0.25) is 11.8 Å². The van der Waals surface area contributed by atoms with E-state index in [4.69, 9.17) is 0 Å². The highest BCUT2D eigenvalue weighted by Gasteiger charge is 2.48. The van der Waals surface area contributed by atoms with Crippen molar-refractivity contribution < 1.29 is 14.4 Å². The lowest BCUT2D eigenvalue weighted by molar-refractivity contribution is -0.147. The zero-order valence-electron chi connectivity index (χ0n) is 16.0. The molecule has 5 rings (SSSR count). The van der Waals surface area contributed by atoms with Crippen molar-refractivity contribution in [2.45, 2.75) is 31.0 Å². The highest BCUT2D eigenvalue weighted by Crippen LogP contribution is 2.26. The summed E-state index contributed by atoms with van der Waals surface area (Å²) >= 11 is 0. The molecule has 30 heavy (non-hydrogen) atoms. The number of piperazine rings is 1. The Hall–Kier alpha value is -3.75. The van der Waals surface area contributed by atoms with Gasteiger partial charge in [-0.3, -0.25) is 19.4 Å². The van der Waals surface area contributed by atoms with E-state index >= 15 is 0 Å². The molecule has 0 aliphatic carbocycles. The molecule has 1 aromatic carbocycles. The lowest BCUT2D eigenvalue weighted by Crippen LogP contribution is -2.65. The van der Waals surface area contributed by atoms with Gasteiger partial charge in [0.25, 0.3) is 5.91 Å². The summed E-state index contributed by atoms with van der Waals surface area (Å²) in [4.78, 5) is 51.0. The van der Waals surface area contributed by atoms with Crippen molar-refractivity contribution in [1.29, 1.82) is 0 Å². The summed E-state index contributed by atoms with van der Waals surface area (Å²) in [5, 5.41) is 6.73. The van der Waals surface area contributed by atoms with Crippen LogP contribution in [-0.4, -0.2) is 62.2 Å². The van der Waals surface area contributed by atoms with E-state index in [0.717, 1.165) is 16.5 Å². The molecule has 0 spiro atoms. The number of carbonyl (C=O) groups excluding carboxylic acids is 3. The van der Waals surface area contributed by atoms with Gasteiger partial charge in [-0.05, 0) is 18.1 Å². The van der Waals surface area contributed by atoms with Gasteiger partial charge in [-0.1, -0.05) is 18.2 Å². The fourth-order valence-electron chi connectivity index (χ4n) is 4.35. The van der Waals surface area contributed by atoms with Crippen molar-refractivity contribution in [3.63, 3.8) is 0 Å². The van der Waals surface area contributed by atoms with Gasteiger partial charge in [0.05, 0.1) is 12.2 Å². The SMILES string of the molecule is O=C(N[C@H]1CCN2C(=O)[C@@H](Cc3c[nH]c4ccccc34)NC(=O)[C@H]12)c1cnccn1. The van der Waals surface area contributed by atoms with Crippen molar-refractivity contribution in [1.82, 2.24) is 30.5 Å². The first-order valence-corrected chi connectivity index (χ1v) is 9.84. The van der Waals surface area contributed by atoms with Crippen LogP contribution in [0.4, 0.5) is 0 Å². The van der Waals surface area contributed by atoms with Crippen LogP contribution in [0.3, 0.4) is 0 Å². The second-order valence-electron chi connectivity index (χ2n) is 7.56. The van der Waals surface area contributed by atoms with Crippen molar-refractivity contribution in [2.24, 2.45) is 0 Å². The molecule has 0 saturated carbocycles. The second kappa shape index (κ2) is 7.25. The van der Waals surface area contributed by atoms with E-state index in [2.05, 4.69) is 25.6 Å². The van der Waals surface area contributed by atoms with Gasteiger partial charge in [0, 0.05) is 42.5 Å². The number of aromatic amines is 1. The normalized spacial score (nSPS) is 23.3. The number of aromatic nitrogens is 3. The Bertz CT molecular complexity index is 1130. The maximum atomic E-state index is 13.1.